The molecule has 24 heavy (non-hydrogen) atoms. The summed E-state index contributed by atoms with van der Waals surface area (Å²) in [7, 11) is 0. The highest BCUT2D eigenvalue weighted by Gasteiger charge is 2.12. The Hall–Kier alpha value is -3.47. The molecule has 0 spiro atoms. The van der Waals surface area contributed by atoms with Gasteiger partial charge in [-0.05, 0) is 12.1 Å². The Morgan fingerprint density at radius 1 is 0.917 bits per heavy atom. The number of pyridine rings is 1. The molecule has 0 bridgehead atoms. The van der Waals surface area contributed by atoms with Crippen LogP contribution in [-0.4, -0.2) is 15.0 Å². The van der Waals surface area contributed by atoms with E-state index in [0.717, 1.165) is 16.6 Å². The Bertz CT molecular complexity index is 1090. The maximum atomic E-state index is 12.1. The highest BCUT2D eigenvalue weighted by molar-refractivity contribution is 5.87. The summed E-state index contributed by atoms with van der Waals surface area (Å²) in [5.74, 6) is 0.358. The molecule has 4 rings (SSSR count). The Balaban J connectivity index is 1.97. The summed E-state index contributed by atoms with van der Waals surface area (Å²) in [6, 6.07) is 16.9. The van der Waals surface area contributed by atoms with Gasteiger partial charge in [0.1, 0.15) is 5.82 Å². The van der Waals surface area contributed by atoms with E-state index in [1.807, 2.05) is 48.5 Å². The van der Waals surface area contributed by atoms with Crippen molar-refractivity contribution in [1.29, 1.82) is 0 Å². The van der Waals surface area contributed by atoms with Crippen molar-refractivity contribution in [1.82, 2.24) is 15.0 Å². The third-order valence-corrected chi connectivity index (χ3v) is 3.87. The molecular formula is C19H14N4O. The Morgan fingerprint density at radius 3 is 2.58 bits per heavy atom. The van der Waals surface area contributed by atoms with E-state index >= 15 is 0 Å². The molecule has 0 unspecified atom stereocenters. The molecule has 0 fully saturated rings. The first-order valence-corrected chi connectivity index (χ1v) is 7.52. The summed E-state index contributed by atoms with van der Waals surface area (Å²) >= 11 is 0. The van der Waals surface area contributed by atoms with E-state index in [-0.39, 0.29) is 5.43 Å². The van der Waals surface area contributed by atoms with Gasteiger partial charge in [0.05, 0.1) is 17.6 Å². The molecule has 0 atom stereocenters. The van der Waals surface area contributed by atoms with E-state index < -0.39 is 0 Å². The Morgan fingerprint density at radius 2 is 1.75 bits per heavy atom. The number of rotatable bonds is 2. The number of anilines is 1. The minimum absolute atomic E-state index is 0.0322. The molecule has 5 heteroatoms. The quantitative estimate of drug-likeness (QED) is 0.595. The Labute approximate surface area is 137 Å². The summed E-state index contributed by atoms with van der Waals surface area (Å²) in [5, 5.41) is 0.618. The average molecular weight is 314 g/mol. The van der Waals surface area contributed by atoms with Gasteiger partial charge in [-0.1, -0.05) is 36.4 Å². The maximum Gasteiger partial charge on any atom is 0.189 e. The van der Waals surface area contributed by atoms with E-state index in [4.69, 9.17) is 5.73 Å². The molecule has 0 aliphatic carbocycles. The van der Waals surface area contributed by atoms with Crippen molar-refractivity contribution in [2.75, 3.05) is 5.73 Å². The second kappa shape index (κ2) is 5.62. The lowest BCUT2D eigenvalue weighted by Gasteiger charge is -2.10. The highest BCUT2D eigenvalue weighted by Crippen LogP contribution is 2.30. The van der Waals surface area contributed by atoms with Crippen molar-refractivity contribution >= 4 is 16.7 Å². The molecule has 3 N–H and O–H groups in total. The molecular weight excluding hydrogens is 300 g/mol. The third-order valence-electron chi connectivity index (χ3n) is 3.87. The van der Waals surface area contributed by atoms with Crippen LogP contribution in [0.25, 0.3) is 33.4 Å². The van der Waals surface area contributed by atoms with Crippen LogP contribution < -0.4 is 11.2 Å². The van der Waals surface area contributed by atoms with Crippen LogP contribution in [0.15, 0.2) is 71.8 Å². The number of hydrogen-bond donors (Lipinski definition) is 2. The average Bonchev–Trinajstić information content (AvgIpc) is 2.63. The second-order valence-corrected chi connectivity index (χ2v) is 5.46. The topological polar surface area (TPSA) is 84.7 Å². The number of nitrogens with zero attached hydrogens (tertiary/aromatic N) is 2. The molecule has 2 heterocycles. The zero-order valence-electron chi connectivity index (χ0n) is 12.7. The largest absolute Gasteiger partial charge is 0.382 e. The number of H-pyrrole nitrogens is 1. The number of benzene rings is 2. The predicted octanol–water partition coefficient (Wildman–Crippen LogP) is 3.23. The number of nitrogens with two attached hydrogens (primary N) is 1. The molecule has 116 valence electrons. The van der Waals surface area contributed by atoms with Gasteiger partial charge in [0.25, 0.3) is 0 Å². The first-order chi connectivity index (χ1) is 11.7. The van der Waals surface area contributed by atoms with Crippen molar-refractivity contribution < 1.29 is 0 Å². The first-order valence-electron chi connectivity index (χ1n) is 7.52. The highest BCUT2D eigenvalue weighted by atomic mass is 16.1. The van der Waals surface area contributed by atoms with Crippen molar-refractivity contribution in [2.24, 2.45) is 0 Å². The standard InChI is InChI=1S/C19H14N4O/c20-17-11-22-18(19(23-17)12-4-2-1-3-5-12)13-6-7-15-14(10-13)16(24)8-9-21-15/h1-11H,(H2,20,23)(H,21,24). The number of hydrogen-bond acceptors (Lipinski definition) is 4. The molecule has 0 aliphatic heterocycles. The predicted molar refractivity (Wildman–Crippen MR) is 95.4 cm³/mol. The lowest BCUT2D eigenvalue weighted by molar-refractivity contribution is 1.22. The fourth-order valence-electron chi connectivity index (χ4n) is 2.73. The summed E-state index contributed by atoms with van der Waals surface area (Å²) in [4.78, 5) is 24.1. The van der Waals surface area contributed by atoms with Gasteiger partial charge in [0.15, 0.2) is 5.43 Å². The minimum Gasteiger partial charge on any atom is -0.382 e. The fraction of sp³-hybridized carbons (Fsp3) is 0. The first kappa shape index (κ1) is 14.1. The van der Waals surface area contributed by atoms with E-state index in [1.54, 1.807) is 6.20 Å². The van der Waals surface area contributed by atoms with Gasteiger partial charge in [-0.3, -0.25) is 9.78 Å². The van der Waals surface area contributed by atoms with Crippen LogP contribution in [0.2, 0.25) is 0 Å². The fourth-order valence-corrected chi connectivity index (χ4v) is 2.73. The van der Waals surface area contributed by atoms with E-state index in [9.17, 15) is 4.79 Å². The van der Waals surface area contributed by atoms with Crippen LogP contribution in [0.5, 0.6) is 0 Å². The van der Waals surface area contributed by atoms with E-state index in [2.05, 4.69) is 15.0 Å². The van der Waals surface area contributed by atoms with Crippen LogP contribution in [0, 0.1) is 0 Å². The zero-order chi connectivity index (χ0) is 16.5. The Kier molecular flexibility index (Phi) is 3.31. The van der Waals surface area contributed by atoms with E-state index in [1.165, 1.54) is 12.3 Å². The molecule has 2 aromatic carbocycles. The van der Waals surface area contributed by atoms with Crippen molar-refractivity contribution in [2.45, 2.75) is 0 Å². The zero-order valence-corrected chi connectivity index (χ0v) is 12.7. The molecule has 0 amide bonds. The van der Waals surface area contributed by atoms with Gasteiger partial charge in [-0.25, -0.2) is 4.98 Å². The summed E-state index contributed by atoms with van der Waals surface area (Å²) < 4.78 is 0. The molecule has 0 saturated heterocycles. The van der Waals surface area contributed by atoms with Crippen molar-refractivity contribution in [3.63, 3.8) is 0 Å². The second-order valence-electron chi connectivity index (χ2n) is 5.46. The number of aromatic nitrogens is 3. The van der Waals surface area contributed by atoms with Crippen LogP contribution in [0.4, 0.5) is 5.82 Å². The van der Waals surface area contributed by atoms with Gasteiger partial charge < -0.3 is 10.7 Å². The molecule has 0 saturated carbocycles. The lowest BCUT2D eigenvalue weighted by Crippen LogP contribution is -2.01. The molecule has 0 radical (unpaired) electrons. The molecule has 0 aliphatic rings. The van der Waals surface area contributed by atoms with Gasteiger partial charge in [0, 0.05) is 34.3 Å². The number of aromatic amines is 1. The van der Waals surface area contributed by atoms with Crippen LogP contribution in [0.3, 0.4) is 0 Å². The lowest BCUT2D eigenvalue weighted by atomic mass is 10.0. The maximum absolute atomic E-state index is 12.1. The summed E-state index contributed by atoms with van der Waals surface area (Å²) in [6.07, 6.45) is 3.17. The van der Waals surface area contributed by atoms with Crippen LogP contribution >= 0.6 is 0 Å². The number of nitrogen functional groups attached to an aromatic ring is 1. The van der Waals surface area contributed by atoms with Gasteiger partial charge in [-0.15, -0.1) is 0 Å². The van der Waals surface area contributed by atoms with Gasteiger partial charge in [-0.2, -0.15) is 0 Å². The van der Waals surface area contributed by atoms with Crippen LogP contribution in [-0.2, 0) is 0 Å². The monoisotopic (exact) mass is 314 g/mol. The van der Waals surface area contributed by atoms with E-state index in [0.29, 0.717) is 22.6 Å². The van der Waals surface area contributed by atoms with Gasteiger partial charge in [0.2, 0.25) is 0 Å². The summed E-state index contributed by atoms with van der Waals surface area (Å²) in [6.45, 7) is 0. The smallest absolute Gasteiger partial charge is 0.189 e. The molecule has 5 nitrogen and oxygen atoms in total. The van der Waals surface area contributed by atoms with Crippen molar-refractivity contribution in [3.8, 4) is 22.5 Å². The van der Waals surface area contributed by atoms with Crippen LogP contribution in [0.1, 0.15) is 0 Å². The minimum atomic E-state index is -0.0322. The summed E-state index contributed by atoms with van der Waals surface area (Å²) in [5.41, 5.74) is 9.73. The number of fused-ring (bicyclic) bond motifs is 1. The molecule has 4 aromatic rings. The van der Waals surface area contributed by atoms with Gasteiger partial charge >= 0.3 is 0 Å². The SMILES string of the molecule is Nc1cnc(-c2ccc3[nH]ccc(=O)c3c2)c(-c2ccccc2)n1. The molecule has 2 aromatic heterocycles. The number of nitrogens with one attached hydrogen (secondary N) is 1. The normalized spacial score (nSPS) is 10.8. The third kappa shape index (κ3) is 2.42. The van der Waals surface area contributed by atoms with Crippen molar-refractivity contribution in [3.05, 3.63) is 77.2 Å².